The summed E-state index contributed by atoms with van der Waals surface area (Å²) >= 11 is 1.62. The Morgan fingerprint density at radius 1 is 1.52 bits per heavy atom. The van der Waals surface area contributed by atoms with Crippen LogP contribution in [0.2, 0.25) is 0 Å². The molecule has 23 heavy (non-hydrogen) atoms. The molecule has 1 aliphatic rings. The van der Waals surface area contributed by atoms with Gasteiger partial charge in [-0.15, -0.1) is 11.3 Å². The van der Waals surface area contributed by atoms with Crippen molar-refractivity contribution in [3.05, 3.63) is 27.1 Å². The number of ether oxygens (including phenoxy) is 1. The maximum absolute atomic E-state index is 13.0. The van der Waals surface area contributed by atoms with Crippen LogP contribution in [0.4, 0.5) is 0 Å². The maximum atomic E-state index is 13.0. The fraction of sp³-hybridized carbons (Fsp3) is 0.588. The van der Waals surface area contributed by atoms with Crippen molar-refractivity contribution >= 4 is 27.5 Å². The van der Waals surface area contributed by atoms with Crippen molar-refractivity contribution in [2.24, 2.45) is 5.92 Å². The molecule has 0 N–H and O–H groups in total. The van der Waals surface area contributed by atoms with E-state index in [1.807, 2.05) is 6.92 Å². The molecule has 5 nitrogen and oxygen atoms in total. The van der Waals surface area contributed by atoms with Gasteiger partial charge in [0, 0.05) is 4.88 Å². The van der Waals surface area contributed by atoms with Gasteiger partial charge in [0.2, 0.25) is 0 Å². The summed E-state index contributed by atoms with van der Waals surface area (Å²) in [6.07, 6.45) is 5.05. The van der Waals surface area contributed by atoms with Gasteiger partial charge in [-0.1, -0.05) is 13.8 Å². The third kappa shape index (κ3) is 2.80. The van der Waals surface area contributed by atoms with E-state index in [9.17, 15) is 9.59 Å². The third-order valence-corrected chi connectivity index (χ3v) is 5.68. The average Bonchev–Trinajstić information content (AvgIpc) is 2.88. The number of rotatable bonds is 4. The Labute approximate surface area is 139 Å². The monoisotopic (exact) mass is 334 g/mol. The van der Waals surface area contributed by atoms with Gasteiger partial charge in [-0.05, 0) is 44.1 Å². The van der Waals surface area contributed by atoms with Crippen molar-refractivity contribution < 1.29 is 9.53 Å². The topological polar surface area (TPSA) is 61.2 Å². The molecular weight excluding hydrogens is 312 g/mol. The zero-order valence-electron chi connectivity index (χ0n) is 13.8. The number of hydrogen-bond donors (Lipinski definition) is 0. The standard InChI is InChI=1S/C17H22N2O3S/c1-4-12(17(21)22-5-2)19-9-18-15-14(16(19)20)11-7-6-10(3)8-13(11)23-15/h9-10,12H,4-8H2,1-3H3. The highest BCUT2D eigenvalue weighted by molar-refractivity contribution is 7.18. The van der Waals surface area contributed by atoms with E-state index < -0.39 is 6.04 Å². The predicted molar refractivity (Wildman–Crippen MR) is 91.0 cm³/mol. The number of carbonyl (C=O) groups excluding carboxylic acids is 1. The zero-order chi connectivity index (χ0) is 16.6. The largest absolute Gasteiger partial charge is 0.464 e. The highest BCUT2D eigenvalue weighted by Gasteiger charge is 2.26. The molecule has 3 rings (SSSR count). The van der Waals surface area contributed by atoms with Crippen LogP contribution in [-0.2, 0) is 22.4 Å². The van der Waals surface area contributed by atoms with Crippen molar-refractivity contribution in [3.63, 3.8) is 0 Å². The summed E-state index contributed by atoms with van der Waals surface area (Å²) in [5, 5.41) is 0.710. The highest BCUT2D eigenvalue weighted by Crippen LogP contribution is 2.35. The summed E-state index contributed by atoms with van der Waals surface area (Å²) in [6.45, 7) is 6.20. The molecular formula is C17H22N2O3S. The lowest BCUT2D eigenvalue weighted by atomic mass is 9.89. The molecule has 6 heteroatoms. The van der Waals surface area contributed by atoms with Crippen molar-refractivity contribution in [2.75, 3.05) is 6.61 Å². The van der Waals surface area contributed by atoms with Gasteiger partial charge in [0.1, 0.15) is 10.9 Å². The molecule has 124 valence electrons. The molecule has 0 amide bonds. The van der Waals surface area contributed by atoms with Gasteiger partial charge in [0.15, 0.2) is 0 Å². The molecule has 0 aliphatic heterocycles. The van der Waals surface area contributed by atoms with Crippen LogP contribution in [0.1, 0.15) is 50.1 Å². The first kappa shape index (κ1) is 16.2. The van der Waals surface area contributed by atoms with Crippen LogP contribution in [0.3, 0.4) is 0 Å². The number of thiophene rings is 1. The molecule has 2 atom stereocenters. The van der Waals surface area contributed by atoms with Crippen LogP contribution in [-0.4, -0.2) is 22.1 Å². The van der Waals surface area contributed by atoms with Gasteiger partial charge in [0.05, 0.1) is 18.3 Å². The van der Waals surface area contributed by atoms with Crippen LogP contribution in [0.25, 0.3) is 10.2 Å². The molecule has 0 radical (unpaired) electrons. The van der Waals surface area contributed by atoms with Gasteiger partial charge in [-0.3, -0.25) is 9.36 Å². The Morgan fingerprint density at radius 3 is 3.00 bits per heavy atom. The molecule has 2 aromatic heterocycles. The highest BCUT2D eigenvalue weighted by atomic mass is 32.1. The Hall–Kier alpha value is -1.69. The number of carbonyl (C=O) groups is 1. The van der Waals surface area contributed by atoms with E-state index in [1.54, 1.807) is 18.3 Å². The van der Waals surface area contributed by atoms with E-state index >= 15 is 0 Å². The van der Waals surface area contributed by atoms with Gasteiger partial charge >= 0.3 is 5.97 Å². The first-order valence-corrected chi connectivity index (χ1v) is 9.06. The Kier molecular flexibility index (Phi) is 4.53. The maximum Gasteiger partial charge on any atom is 0.329 e. The van der Waals surface area contributed by atoms with Crippen molar-refractivity contribution in [1.82, 2.24) is 9.55 Å². The van der Waals surface area contributed by atoms with Crippen molar-refractivity contribution in [2.45, 2.75) is 52.5 Å². The number of aryl methyl sites for hydroxylation is 1. The molecule has 0 saturated heterocycles. The summed E-state index contributed by atoms with van der Waals surface area (Å²) in [7, 11) is 0. The van der Waals surface area contributed by atoms with Gasteiger partial charge in [-0.2, -0.15) is 0 Å². The Bertz CT molecular complexity index is 793. The predicted octanol–water partition coefficient (Wildman–Crippen LogP) is 3.10. The van der Waals surface area contributed by atoms with Gasteiger partial charge < -0.3 is 4.74 Å². The number of esters is 1. The normalized spacial score (nSPS) is 18.7. The Balaban J connectivity index is 2.12. The van der Waals surface area contributed by atoms with E-state index in [-0.39, 0.29) is 11.5 Å². The molecule has 2 heterocycles. The lowest BCUT2D eigenvalue weighted by Gasteiger charge is -2.18. The van der Waals surface area contributed by atoms with Crippen LogP contribution in [0.5, 0.6) is 0 Å². The quantitative estimate of drug-likeness (QED) is 0.806. The summed E-state index contributed by atoms with van der Waals surface area (Å²) < 4.78 is 6.55. The van der Waals surface area contributed by atoms with E-state index in [4.69, 9.17) is 4.74 Å². The van der Waals surface area contributed by atoms with E-state index in [1.165, 1.54) is 15.8 Å². The molecule has 0 fully saturated rings. The number of aromatic nitrogens is 2. The fourth-order valence-electron chi connectivity index (χ4n) is 3.28. The summed E-state index contributed by atoms with van der Waals surface area (Å²) in [4.78, 5) is 31.6. The fourth-order valence-corrected chi connectivity index (χ4v) is 4.62. The van der Waals surface area contributed by atoms with Crippen molar-refractivity contribution in [3.8, 4) is 0 Å². The minimum atomic E-state index is -0.600. The van der Waals surface area contributed by atoms with Gasteiger partial charge in [-0.25, -0.2) is 9.78 Å². The first-order valence-electron chi connectivity index (χ1n) is 8.24. The molecule has 0 aromatic carbocycles. The summed E-state index contributed by atoms with van der Waals surface area (Å²) in [5.41, 5.74) is 1.04. The smallest absolute Gasteiger partial charge is 0.329 e. The van der Waals surface area contributed by atoms with Crippen LogP contribution >= 0.6 is 11.3 Å². The minimum Gasteiger partial charge on any atom is -0.464 e. The second-order valence-corrected chi connectivity index (χ2v) is 7.25. The third-order valence-electron chi connectivity index (χ3n) is 4.52. The lowest BCUT2D eigenvalue weighted by Crippen LogP contribution is -2.31. The number of fused-ring (bicyclic) bond motifs is 3. The second-order valence-electron chi connectivity index (χ2n) is 6.17. The molecule has 2 aromatic rings. The van der Waals surface area contributed by atoms with Crippen LogP contribution in [0, 0.1) is 5.92 Å². The Morgan fingerprint density at radius 2 is 2.30 bits per heavy atom. The lowest BCUT2D eigenvalue weighted by molar-refractivity contribution is -0.147. The number of nitrogens with zero attached hydrogens (tertiary/aromatic N) is 2. The summed E-state index contributed by atoms with van der Waals surface area (Å²) in [5.74, 6) is 0.289. The first-order chi connectivity index (χ1) is 11.1. The molecule has 0 spiro atoms. The second kappa shape index (κ2) is 6.43. The summed E-state index contributed by atoms with van der Waals surface area (Å²) in [6, 6.07) is -0.600. The minimum absolute atomic E-state index is 0.109. The van der Waals surface area contributed by atoms with E-state index in [0.29, 0.717) is 24.3 Å². The average molecular weight is 334 g/mol. The van der Waals surface area contributed by atoms with E-state index in [0.717, 1.165) is 29.7 Å². The van der Waals surface area contributed by atoms with E-state index in [2.05, 4.69) is 11.9 Å². The molecule has 0 saturated carbocycles. The van der Waals surface area contributed by atoms with Crippen LogP contribution in [0.15, 0.2) is 11.1 Å². The van der Waals surface area contributed by atoms with Crippen molar-refractivity contribution in [1.29, 1.82) is 0 Å². The van der Waals surface area contributed by atoms with Crippen LogP contribution < -0.4 is 5.56 Å². The SMILES string of the molecule is CCOC(=O)C(CC)n1cnc2sc3c(c2c1=O)CCC(C)C3. The zero-order valence-corrected chi connectivity index (χ0v) is 14.6. The number of hydrogen-bond acceptors (Lipinski definition) is 5. The van der Waals surface area contributed by atoms with Gasteiger partial charge in [0.25, 0.3) is 5.56 Å². The molecule has 1 aliphatic carbocycles. The molecule has 2 unspecified atom stereocenters. The molecule has 0 bridgehead atoms.